The van der Waals surface area contributed by atoms with E-state index < -0.39 is 0 Å². The van der Waals surface area contributed by atoms with Crippen molar-refractivity contribution in [1.29, 1.82) is 0 Å². The third kappa shape index (κ3) is 4.30. The average molecular weight is 353 g/mol. The molecule has 2 nitrogen and oxygen atoms in total. The van der Waals surface area contributed by atoms with Crippen LogP contribution in [0.5, 0.6) is 0 Å². The molecule has 1 aliphatic heterocycles. The van der Waals surface area contributed by atoms with Crippen molar-refractivity contribution in [1.82, 2.24) is 4.90 Å². The van der Waals surface area contributed by atoms with Gasteiger partial charge in [0.05, 0.1) is 6.04 Å². The van der Waals surface area contributed by atoms with Crippen LogP contribution in [0.3, 0.4) is 0 Å². The summed E-state index contributed by atoms with van der Waals surface area (Å²) < 4.78 is 1.15. The van der Waals surface area contributed by atoms with Crippen LogP contribution in [0.15, 0.2) is 28.7 Å². The monoisotopic (exact) mass is 352 g/mol. The third-order valence-electron chi connectivity index (χ3n) is 4.82. The molecule has 3 unspecified atom stereocenters. The van der Waals surface area contributed by atoms with Gasteiger partial charge < -0.3 is 5.73 Å². The summed E-state index contributed by atoms with van der Waals surface area (Å²) >= 11 is 3.61. The molecule has 1 fully saturated rings. The van der Waals surface area contributed by atoms with E-state index in [1.165, 1.54) is 44.2 Å². The lowest BCUT2D eigenvalue weighted by Crippen LogP contribution is -2.45. The molecule has 3 atom stereocenters. The maximum Gasteiger partial charge on any atom is 0.0502 e. The topological polar surface area (TPSA) is 29.3 Å². The van der Waals surface area contributed by atoms with Crippen molar-refractivity contribution in [3.8, 4) is 0 Å². The third-order valence-corrected chi connectivity index (χ3v) is 5.31. The summed E-state index contributed by atoms with van der Waals surface area (Å²) in [5.74, 6) is 0. The summed E-state index contributed by atoms with van der Waals surface area (Å²) in [6.45, 7) is 5.70. The molecule has 1 aliphatic rings. The zero-order valence-electron chi connectivity index (χ0n) is 13.4. The number of likely N-dealkylation sites (tertiary alicyclic amines) is 1. The van der Waals surface area contributed by atoms with Gasteiger partial charge in [0.25, 0.3) is 0 Å². The average Bonchev–Trinajstić information content (AvgIpc) is 2.73. The highest BCUT2D eigenvalue weighted by Gasteiger charge is 2.31. The first-order chi connectivity index (χ1) is 10.2. The van der Waals surface area contributed by atoms with Crippen LogP contribution in [-0.2, 0) is 0 Å². The second-order valence-electron chi connectivity index (χ2n) is 6.22. The van der Waals surface area contributed by atoms with E-state index in [0.29, 0.717) is 12.1 Å². The zero-order chi connectivity index (χ0) is 15.2. The molecule has 1 heterocycles. The molecule has 21 heavy (non-hydrogen) atoms. The van der Waals surface area contributed by atoms with Crippen molar-refractivity contribution in [2.45, 2.75) is 70.5 Å². The summed E-state index contributed by atoms with van der Waals surface area (Å²) in [6.07, 6.45) is 7.58. The highest BCUT2D eigenvalue weighted by molar-refractivity contribution is 9.10. The molecule has 0 aromatic heterocycles. The predicted octanol–water partition coefficient (Wildman–Crippen LogP) is 4.88. The first-order valence-corrected chi connectivity index (χ1v) is 9.23. The summed E-state index contributed by atoms with van der Waals surface area (Å²) in [5.41, 5.74) is 7.90. The molecule has 1 aromatic rings. The predicted molar refractivity (Wildman–Crippen MR) is 94.4 cm³/mol. The fourth-order valence-corrected chi connectivity index (χ4v) is 4.02. The fourth-order valence-electron chi connectivity index (χ4n) is 3.60. The van der Waals surface area contributed by atoms with E-state index >= 15 is 0 Å². The minimum Gasteiger partial charge on any atom is -0.326 e. The molecule has 1 saturated heterocycles. The van der Waals surface area contributed by atoms with Crippen molar-refractivity contribution >= 4 is 15.9 Å². The van der Waals surface area contributed by atoms with E-state index in [4.69, 9.17) is 5.73 Å². The van der Waals surface area contributed by atoms with Crippen molar-refractivity contribution in [3.63, 3.8) is 0 Å². The Bertz CT molecular complexity index is 435. The van der Waals surface area contributed by atoms with E-state index in [2.05, 4.69) is 58.9 Å². The van der Waals surface area contributed by atoms with Gasteiger partial charge in [0.1, 0.15) is 0 Å². The first kappa shape index (κ1) is 17.0. The van der Waals surface area contributed by atoms with Crippen molar-refractivity contribution < 1.29 is 0 Å². The zero-order valence-corrected chi connectivity index (χ0v) is 15.0. The van der Waals surface area contributed by atoms with Crippen molar-refractivity contribution in [2.24, 2.45) is 5.73 Å². The Morgan fingerprint density at radius 1 is 1.29 bits per heavy atom. The Hall–Kier alpha value is -0.380. The van der Waals surface area contributed by atoms with Crippen LogP contribution in [0.4, 0.5) is 0 Å². The molecule has 0 amide bonds. The minimum atomic E-state index is 0.200. The largest absolute Gasteiger partial charge is 0.326 e. The van der Waals surface area contributed by atoms with Crippen molar-refractivity contribution in [3.05, 3.63) is 34.3 Å². The number of hydrogen-bond donors (Lipinski definition) is 1. The van der Waals surface area contributed by atoms with Gasteiger partial charge in [-0.2, -0.15) is 0 Å². The Labute approximate surface area is 138 Å². The van der Waals surface area contributed by atoms with Crippen LogP contribution >= 0.6 is 15.9 Å². The smallest absolute Gasteiger partial charge is 0.0502 e. The van der Waals surface area contributed by atoms with Crippen LogP contribution in [0, 0.1) is 0 Å². The fraction of sp³-hybridized carbons (Fsp3) is 0.667. The van der Waals surface area contributed by atoms with Gasteiger partial charge in [-0.15, -0.1) is 0 Å². The summed E-state index contributed by atoms with van der Waals surface area (Å²) in [6, 6.07) is 9.93. The lowest BCUT2D eigenvalue weighted by Gasteiger charge is -2.40. The molecule has 0 spiro atoms. The second-order valence-corrected chi connectivity index (χ2v) is 7.14. The van der Waals surface area contributed by atoms with Gasteiger partial charge in [-0.1, -0.05) is 54.8 Å². The van der Waals surface area contributed by atoms with Crippen LogP contribution in [0.2, 0.25) is 0 Å². The number of rotatable bonds is 5. The van der Waals surface area contributed by atoms with Crippen LogP contribution in [0.1, 0.15) is 64.0 Å². The van der Waals surface area contributed by atoms with E-state index in [1.54, 1.807) is 0 Å². The molecule has 0 aliphatic carbocycles. The SMILES string of the molecule is CCC(N)C(c1cccc(Br)c1)N1CCCCCC1CC. The van der Waals surface area contributed by atoms with Gasteiger partial charge in [0.15, 0.2) is 0 Å². The van der Waals surface area contributed by atoms with Gasteiger partial charge in [-0.3, -0.25) is 4.90 Å². The maximum absolute atomic E-state index is 6.54. The molecule has 2 rings (SSSR count). The Kier molecular flexibility index (Phi) is 6.72. The van der Waals surface area contributed by atoms with Crippen molar-refractivity contribution in [2.75, 3.05) is 6.54 Å². The quantitative estimate of drug-likeness (QED) is 0.817. The molecule has 1 aromatic carbocycles. The van der Waals surface area contributed by atoms with E-state index in [1.807, 2.05) is 0 Å². The molecule has 0 bridgehead atoms. The highest BCUT2D eigenvalue weighted by Crippen LogP contribution is 2.33. The number of nitrogens with two attached hydrogens (primary N) is 1. The molecular formula is C18H29BrN2. The molecular weight excluding hydrogens is 324 g/mol. The first-order valence-electron chi connectivity index (χ1n) is 8.44. The number of benzene rings is 1. The van der Waals surface area contributed by atoms with Gasteiger partial charge in [0, 0.05) is 16.6 Å². The normalized spacial score (nSPS) is 23.5. The van der Waals surface area contributed by atoms with Crippen LogP contribution in [0.25, 0.3) is 0 Å². The summed E-state index contributed by atoms with van der Waals surface area (Å²) in [7, 11) is 0. The second kappa shape index (κ2) is 8.30. The molecule has 0 radical (unpaired) electrons. The molecule has 3 heteroatoms. The lowest BCUT2D eigenvalue weighted by molar-refractivity contribution is 0.112. The van der Waals surface area contributed by atoms with Gasteiger partial charge in [-0.25, -0.2) is 0 Å². The van der Waals surface area contributed by atoms with Gasteiger partial charge >= 0.3 is 0 Å². The van der Waals surface area contributed by atoms with Gasteiger partial charge in [0.2, 0.25) is 0 Å². The maximum atomic E-state index is 6.54. The van der Waals surface area contributed by atoms with Crippen LogP contribution < -0.4 is 5.73 Å². The van der Waals surface area contributed by atoms with E-state index in [0.717, 1.165) is 10.9 Å². The van der Waals surface area contributed by atoms with Gasteiger partial charge in [-0.05, 0) is 49.9 Å². The highest BCUT2D eigenvalue weighted by atomic mass is 79.9. The molecule has 2 N–H and O–H groups in total. The Morgan fingerprint density at radius 2 is 2.10 bits per heavy atom. The summed E-state index contributed by atoms with van der Waals surface area (Å²) in [5, 5.41) is 0. The summed E-state index contributed by atoms with van der Waals surface area (Å²) in [4.78, 5) is 2.70. The number of nitrogens with zero attached hydrogens (tertiary/aromatic N) is 1. The molecule has 118 valence electrons. The number of halogens is 1. The minimum absolute atomic E-state index is 0.200. The van der Waals surface area contributed by atoms with E-state index in [-0.39, 0.29) is 6.04 Å². The standard InChI is InChI=1S/C18H29BrN2/c1-3-16-11-6-5-7-12-21(16)18(17(20)4-2)14-9-8-10-15(19)13-14/h8-10,13,16-18H,3-7,11-12,20H2,1-2H3. The Morgan fingerprint density at radius 3 is 2.76 bits per heavy atom. The number of hydrogen-bond acceptors (Lipinski definition) is 2. The van der Waals surface area contributed by atoms with Crippen LogP contribution in [-0.4, -0.2) is 23.5 Å². The van der Waals surface area contributed by atoms with E-state index in [9.17, 15) is 0 Å². The lowest BCUT2D eigenvalue weighted by atomic mass is 9.93. The molecule has 0 saturated carbocycles. The Balaban J connectivity index is 2.33.